The Kier molecular flexibility index (Phi) is 7.12. The number of likely N-dealkylation sites (tertiary alicyclic amines) is 1. The molecular weight excluding hydrogens is 405 g/mol. The lowest BCUT2D eigenvalue weighted by atomic mass is 9.88. The second-order valence-corrected chi connectivity index (χ2v) is 8.17. The van der Waals surface area contributed by atoms with Crippen molar-refractivity contribution in [2.45, 2.75) is 25.4 Å². The molecule has 0 bridgehead atoms. The van der Waals surface area contributed by atoms with Crippen LogP contribution in [0, 0.1) is 11.7 Å². The highest BCUT2D eigenvalue weighted by atomic mass is 19.1. The van der Waals surface area contributed by atoms with Crippen LogP contribution in [0.3, 0.4) is 0 Å². The zero-order chi connectivity index (χ0) is 22.3. The van der Waals surface area contributed by atoms with Gasteiger partial charge in [0, 0.05) is 19.3 Å². The average Bonchev–Trinajstić information content (AvgIpc) is 2.83. The van der Waals surface area contributed by atoms with E-state index in [1.165, 1.54) is 6.07 Å². The van der Waals surface area contributed by atoms with Gasteiger partial charge in [0.15, 0.2) is 0 Å². The topological polar surface area (TPSA) is 54.5 Å². The van der Waals surface area contributed by atoms with E-state index in [1.54, 1.807) is 37.6 Å². The molecule has 1 amide bonds. The number of amides is 1. The van der Waals surface area contributed by atoms with E-state index in [2.05, 4.69) is 15.2 Å². The number of rotatable bonds is 7. The predicted molar refractivity (Wildman–Crippen MR) is 122 cm³/mol. The third kappa shape index (κ3) is 5.32. The van der Waals surface area contributed by atoms with Crippen LogP contribution in [0.2, 0.25) is 0 Å². The number of carbonyl (C=O) groups excluding carboxylic acids is 1. The fraction of sp³-hybridized carbons (Fsp3) is 0.308. The van der Waals surface area contributed by atoms with Gasteiger partial charge in [-0.1, -0.05) is 30.3 Å². The van der Waals surface area contributed by atoms with Crippen LogP contribution in [0.1, 0.15) is 40.5 Å². The van der Waals surface area contributed by atoms with Gasteiger partial charge in [-0.05, 0) is 67.3 Å². The molecule has 4 rings (SSSR count). The van der Waals surface area contributed by atoms with Gasteiger partial charge < -0.3 is 10.1 Å². The Morgan fingerprint density at radius 3 is 2.81 bits per heavy atom. The van der Waals surface area contributed by atoms with Crippen molar-refractivity contribution < 1.29 is 13.9 Å². The second-order valence-electron chi connectivity index (χ2n) is 8.17. The van der Waals surface area contributed by atoms with Crippen LogP contribution in [-0.4, -0.2) is 36.0 Å². The largest absolute Gasteiger partial charge is 0.496 e. The molecule has 2 aromatic carbocycles. The minimum Gasteiger partial charge on any atom is -0.496 e. The van der Waals surface area contributed by atoms with Gasteiger partial charge >= 0.3 is 0 Å². The van der Waals surface area contributed by atoms with E-state index >= 15 is 0 Å². The third-order valence-electron chi connectivity index (χ3n) is 5.95. The lowest BCUT2D eigenvalue weighted by molar-refractivity contribution is 0.0872. The zero-order valence-electron chi connectivity index (χ0n) is 18.2. The van der Waals surface area contributed by atoms with E-state index in [4.69, 9.17) is 4.74 Å². The average molecular weight is 434 g/mol. The van der Waals surface area contributed by atoms with E-state index in [0.29, 0.717) is 17.9 Å². The maximum absolute atomic E-state index is 13.6. The molecule has 5 nitrogen and oxygen atoms in total. The van der Waals surface area contributed by atoms with Crippen molar-refractivity contribution in [3.05, 3.63) is 95.6 Å². The number of pyridine rings is 1. The van der Waals surface area contributed by atoms with Crippen molar-refractivity contribution in [1.82, 2.24) is 15.2 Å². The molecule has 6 heteroatoms. The van der Waals surface area contributed by atoms with Crippen molar-refractivity contribution in [3.63, 3.8) is 0 Å². The summed E-state index contributed by atoms with van der Waals surface area (Å²) in [4.78, 5) is 20.1. The molecule has 166 valence electrons. The smallest absolute Gasteiger partial charge is 0.255 e. The van der Waals surface area contributed by atoms with Crippen LogP contribution in [0.4, 0.5) is 4.39 Å². The number of hydrogen-bond donors (Lipinski definition) is 1. The molecular formula is C26H28FN3O2. The number of hydrogen-bond acceptors (Lipinski definition) is 4. The minimum absolute atomic E-state index is 0.180. The molecule has 1 N–H and O–H groups in total. The van der Waals surface area contributed by atoms with Gasteiger partial charge in [-0.2, -0.15) is 0 Å². The number of piperidine rings is 1. The van der Waals surface area contributed by atoms with E-state index in [-0.39, 0.29) is 23.7 Å². The fourth-order valence-corrected chi connectivity index (χ4v) is 4.44. The summed E-state index contributed by atoms with van der Waals surface area (Å²) in [5.74, 6) is 0.332. The predicted octanol–water partition coefficient (Wildman–Crippen LogP) is 4.61. The molecule has 2 atom stereocenters. The van der Waals surface area contributed by atoms with Crippen molar-refractivity contribution in [1.29, 1.82) is 0 Å². The van der Waals surface area contributed by atoms with Crippen LogP contribution in [0.25, 0.3) is 0 Å². The molecule has 2 heterocycles. The number of para-hydroxylation sites is 1. The molecule has 0 radical (unpaired) electrons. The highest BCUT2D eigenvalue weighted by molar-refractivity contribution is 5.97. The number of carbonyl (C=O) groups is 1. The molecule has 1 saturated heterocycles. The van der Waals surface area contributed by atoms with Crippen LogP contribution < -0.4 is 10.1 Å². The minimum atomic E-state index is -0.232. The highest BCUT2D eigenvalue weighted by Gasteiger charge is 2.31. The molecule has 1 aromatic heterocycles. The molecule has 1 fully saturated rings. The molecule has 0 saturated carbocycles. The number of methoxy groups -OCH3 is 1. The molecule has 0 unspecified atom stereocenters. The third-order valence-corrected chi connectivity index (χ3v) is 5.95. The van der Waals surface area contributed by atoms with Gasteiger partial charge in [-0.3, -0.25) is 14.7 Å². The molecule has 1 aliphatic rings. The van der Waals surface area contributed by atoms with Gasteiger partial charge in [-0.25, -0.2) is 4.39 Å². The van der Waals surface area contributed by atoms with E-state index in [1.807, 2.05) is 36.4 Å². The SMILES string of the molecule is COc1ccccc1C(=O)N[C@@H](c1ccccn1)[C@@H]1CCCN(Cc2cccc(F)c2)C1. The highest BCUT2D eigenvalue weighted by Crippen LogP contribution is 2.30. The van der Waals surface area contributed by atoms with Crippen LogP contribution >= 0.6 is 0 Å². The Morgan fingerprint density at radius 2 is 2.03 bits per heavy atom. The summed E-state index contributed by atoms with van der Waals surface area (Å²) in [5, 5.41) is 3.22. The van der Waals surface area contributed by atoms with Crippen LogP contribution in [-0.2, 0) is 6.54 Å². The fourth-order valence-electron chi connectivity index (χ4n) is 4.44. The Balaban J connectivity index is 1.54. The number of halogens is 1. The molecule has 3 aromatic rings. The first kappa shape index (κ1) is 22.0. The molecule has 32 heavy (non-hydrogen) atoms. The van der Waals surface area contributed by atoms with Crippen LogP contribution in [0.15, 0.2) is 72.9 Å². The van der Waals surface area contributed by atoms with E-state index < -0.39 is 0 Å². The number of aromatic nitrogens is 1. The Morgan fingerprint density at radius 1 is 1.19 bits per heavy atom. The Bertz CT molecular complexity index is 1040. The summed E-state index contributed by atoms with van der Waals surface area (Å²) in [5.41, 5.74) is 2.30. The van der Waals surface area contributed by atoms with Gasteiger partial charge in [0.25, 0.3) is 5.91 Å². The standard InChI is InChI=1S/C26H28FN3O2/c1-32-24-13-3-2-11-22(24)26(31)29-25(23-12-4-5-14-28-23)20-9-7-15-30(18-20)17-19-8-6-10-21(27)16-19/h2-6,8,10-14,16,20,25H,7,9,15,17-18H2,1H3,(H,29,31)/t20-,25-/m1/s1. The number of ether oxygens (including phenoxy) is 1. The number of benzene rings is 2. The number of nitrogens with zero attached hydrogens (tertiary/aromatic N) is 2. The maximum Gasteiger partial charge on any atom is 0.255 e. The molecule has 1 aliphatic heterocycles. The van der Waals surface area contributed by atoms with Gasteiger partial charge in [0.1, 0.15) is 11.6 Å². The summed E-state index contributed by atoms with van der Waals surface area (Å²) in [6, 6.07) is 19.5. The van der Waals surface area contributed by atoms with Gasteiger partial charge in [0.05, 0.1) is 24.4 Å². The van der Waals surface area contributed by atoms with Gasteiger partial charge in [-0.15, -0.1) is 0 Å². The van der Waals surface area contributed by atoms with Crippen molar-refractivity contribution >= 4 is 5.91 Å². The van der Waals surface area contributed by atoms with Gasteiger partial charge in [0.2, 0.25) is 0 Å². The van der Waals surface area contributed by atoms with Crippen LogP contribution in [0.5, 0.6) is 5.75 Å². The Hall–Kier alpha value is -3.25. The summed E-state index contributed by atoms with van der Waals surface area (Å²) in [7, 11) is 1.56. The molecule has 0 spiro atoms. The quantitative estimate of drug-likeness (QED) is 0.591. The monoisotopic (exact) mass is 433 g/mol. The summed E-state index contributed by atoms with van der Waals surface area (Å²) >= 11 is 0. The lowest BCUT2D eigenvalue weighted by Crippen LogP contribution is -2.43. The lowest BCUT2D eigenvalue weighted by Gasteiger charge is -2.37. The van der Waals surface area contributed by atoms with Crippen molar-refractivity contribution in [2.24, 2.45) is 5.92 Å². The molecule has 0 aliphatic carbocycles. The summed E-state index contributed by atoms with van der Waals surface area (Å²) in [6.07, 6.45) is 3.74. The summed E-state index contributed by atoms with van der Waals surface area (Å²) < 4.78 is 19.0. The first-order valence-corrected chi connectivity index (χ1v) is 11.0. The normalized spacial score (nSPS) is 17.5. The van der Waals surface area contributed by atoms with Crippen molar-refractivity contribution in [3.8, 4) is 5.75 Å². The number of nitrogens with one attached hydrogen (secondary N) is 1. The van der Waals surface area contributed by atoms with E-state index in [0.717, 1.165) is 37.2 Å². The maximum atomic E-state index is 13.6. The first-order chi connectivity index (χ1) is 15.6. The second kappa shape index (κ2) is 10.4. The first-order valence-electron chi connectivity index (χ1n) is 11.0. The van der Waals surface area contributed by atoms with Crippen molar-refractivity contribution in [2.75, 3.05) is 20.2 Å². The summed E-state index contributed by atoms with van der Waals surface area (Å²) in [6.45, 7) is 2.43. The van der Waals surface area contributed by atoms with E-state index in [9.17, 15) is 9.18 Å². The Labute approximate surface area is 188 Å². The zero-order valence-corrected chi connectivity index (χ0v) is 18.2.